The van der Waals surface area contributed by atoms with Gasteiger partial charge in [0.05, 0.1) is 81.7 Å². The minimum Gasteiger partial charge on any atom is -0.496 e. The number of methoxy groups -OCH3 is 4. The number of carbonyl (C=O) groups is 4. The third-order valence-corrected chi connectivity index (χ3v) is 21.1. The smallest absolute Gasteiger partial charge is 0.291 e. The van der Waals surface area contributed by atoms with Crippen molar-refractivity contribution in [2.24, 2.45) is 14.1 Å². The van der Waals surface area contributed by atoms with E-state index in [0.717, 1.165) is 101 Å². The predicted molar refractivity (Wildman–Crippen MR) is 392 cm³/mol. The van der Waals surface area contributed by atoms with Gasteiger partial charge < -0.3 is 59.1 Å². The van der Waals surface area contributed by atoms with Crippen LogP contribution in [0.15, 0.2) is 85.2 Å². The fourth-order valence-corrected chi connectivity index (χ4v) is 15.1. The molecular weight excluding hydrogens is 1390 g/mol. The van der Waals surface area contributed by atoms with Crippen molar-refractivity contribution in [2.75, 3.05) is 105 Å². The Morgan fingerprint density at radius 1 is 0.529 bits per heavy atom. The van der Waals surface area contributed by atoms with E-state index >= 15 is 8.78 Å². The highest BCUT2D eigenvalue weighted by molar-refractivity contribution is 6.40. The number of hydrogen-bond acceptors (Lipinski definition) is 16. The van der Waals surface area contributed by atoms with Crippen molar-refractivity contribution in [3.8, 4) is 56.3 Å². The summed E-state index contributed by atoms with van der Waals surface area (Å²) < 4.78 is 55.6. The van der Waals surface area contributed by atoms with Crippen LogP contribution in [0.5, 0.6) is 11.5 Å². The summed E-state index contributed by atoms with van der Waals surface area (Å²) in [7, 11) is 9.90. The number of nitrogens with one attached hydrogen (secondary N) is 4. The maximum Gasteiger partial charge on any atom is 0.291 e. The van der Waals surface area contributed by atoms with Gasteiger partial charge in [0, 0.05) is 214 Å². The van der Waals surface area contributed by atoms with Crippen molar-refractivity contribution < 1.29 is 46.9 Å². The summed E-state index contributed by atoms with van der Waals surface area (Å²) in [5, 5.41) is 13.3. The van der Waals surface area contributed by atoms with E-state index < -0.39 is 11.6 Å². The fourth-order valence-electron chi connectivity index (χ4n) is 13.9. The van der Waals surface area contributed by atoms with E-state index in [1.165, 1.54) is 26.4 Å². The molecule has 0 atom stereocenters. The summed E-state index contributed by atoms with van der Waals surface area (Å²) in [5.74, 6) is -0.121. The highest BCUT2D eigenvalue weighted by Gasteiger charge is 2.35. The number of pyridine rings is 2. The second kappa shape index (κ2) is 34.0. The SMILES string of the molecule is COCCNCc1c(F)cc(-c2nccc(-c3cccc(NC(=O)c4nc5c(n4C)CCN(C4CCN(C(C)=O)CC4)C5)c3Cl)c2Cl)cc1OC.COCCNCc1c(F)cc(-c2nccc(-c3cccc(NC(=O)c4nc5c(n4C)CCN(C4CCN(C(C)=O)CC4)C5)c3Cl)c2Cl)cc1OC. The molecule has 0 unspecified atom stereocenters. The molecule has 102 heavy (non-hydrogen) atoms. The maximum absolute atomic E-state index is 15.4. The number of fused-ring (bicyclic) bond motifs is 2. The molecule has 2 saturated heterocycles. The molecule has 4 N–H and O–H groups in total. The zero-order chi connectivity index (χ0) is 72.5. The number of ether oxygens (including phenoxy) is 4. The van der Waals surface area contributed by atoms with E-state index in [1.54, 1.807) is 101 Å². The van der Waals surface area contributed by atoms with Gasteiger partial charge in [0.15, 0.2) is 11.6 Å². The lowest BCUT2D eigenvalue weighted by molar-refractivity contribution is -0.131. The van der Waals surface area contributed by atoms with Gasteiger partial charge in [0.25, 0.3) is 11.8 Å². The Morgan fingerprint density at radius 3 is 1.27 bits per heavy atom. The van der Waals surface area contributed by atoms with Crippen molar-refractivity contribution in [1.29, 1.82) is 0 Å². The van der Waals surface area contributed by atoms with Gasteiger partial charge in [-0.25, -0.2) is 18.7 Å². The van der Waals surface area contributed by atoms with Crippen molar-refractivity contribution >= 4 is 81.4 Å². The normalized spacial score (nSPS) is 15.2. The highest BCUT2D eigenvalue weighted by Crippen LogP contribution is 2.44. The van der Waals surface area contributed by atoms with Crippen LogP contribution in [0.25, 0.3) is 44.8 Å². The first-order chi connectivity index (χ1) is 49.2. The fraction of sp³-hybridized carbons (Fsp3) is 0.405. The molecule has 28 heteroatoms. The molecule has 8 aromatic rings. The lowest BCUT2D eigenvalue weighted by atomic mass is 10.00. The second-order valence-electron chi connectivity index (χ2n) is 25.6. The van der Waals surface area contributed by atoms with Crippen molar-refractivity contribution in [3.63, 3.8) is 0 Å². The zero-order valence-electron chi connectivity index (χ0n) is 58.4. The average Bonchev–Trinajstić information content (AvgIpc) is 1.11. The molecule has 540 valence electrons. The number of anilines is 2. The van der Waals surface area contributed by atoms with E-state index in [-0.39, 0.29) is 56.8 Å². The summed E-state index contributed by atoms with van der Waals surface area (Å²) in [6.07, 6.45) is 8.43. The number of carbonyl (C=O) groups excluding carboxylic acids is 4. The Labute approximate surface area is 612 Å². The lowest BCUT2D eigenvalue weighted by Crippen LogP contribution is -2.47. The van der Waals surface area contributed by atoms with Crippen LogP contribution in [-0.2, 0) is 72.2 Å². The van der Waals surface area contributed by atoms with Gasteiger partial charge in [0.2, 0.25) is 11.8 Å². The van der Waals surface area contributed by atoms with Crippen LogP contribution in [0.4, 0.5) is 20.2 Å². The number of benzene rings is 4. The Morgan fingerprint density at radius 2 is 0.912 bits per heavy atom. The number of hydrogen-bond donors (Lipinski definition) is 4. The van der Waals surface area contributed by atoms with Gasteiger partial charge in [-0.2, -0.15) is 0 Å². The van der Waals surface area contributed by atoms with E-state index in [1.807, 2.05) is 33.0 Å². The minimum absolute atomic E-state index is 0.121. The third kappa shape index (κ3) is 16.6. The molecule has 0 aliphatic carbocycles. The summed E-state index contributed by atoms with van der Waals surface area (Å²) in [6, 6.07) is 21.0. The maximum atomic E-state index is 15.4. The first-order valence-electron chi connectivity index (χ1n) is 33.9. The Balaban J connectivity index is 0.000000205. The largest absolute Gasteiger partial charge is 0.496 e. The second-order valence-corrected chi connectivity index (χ2v) is 27.1. The van der Waals surface area contributed by atoms with Crippen LogP contribution >= 0.6 is 46.4 Å². The molecule has 0 bridgehead atoms. The number of rotatable bonds is 22. The molecular formula is C74H84Cl4F2N14O8. The number of amides is 4. The summed E-state index contributed by atoms with van der Waals surface area (Å²) in [4.78, 5) is 78.0. The van der Waals surface area contributed by atoms with Crippen molar-refractivity contribution in [3.05, 3.63) is 162 Å². The summed E-state index contributed by atoms with van der Waals surface area (Å²) in [6.45, 7) is 12.0. The van der Waals surface area contributed by atoms with Crippen LogP contribution < -0.4 is 30.7 Å². The summed E-state index contributed by atoms with van der Waals surface area (Å²) >= 11 is 27.8. The van der Waals surface area contributed by atoms with Gasteiger partial charge in [-0.15, -0.1) is 0 Å². The molecule has 8 heterocycles. The monoisotopic (exact) mass is 1470 g/mol. The number of imidazole rings is 2. The molecule has 12 rings (SSSR count). The lowest BCUT2D eigenvalue weighted by Gasteiger charge is -2.39. The van der Waals surface area contributed by atoms with Crippen LogP contribution in [0.1, 0.15) is 94.7 Å². The van der Waals surface area contributed by atoms with E-state index in [9.17, 15) is 19.2 Å². The van der Waals surface area contributed by atoms with Crippen LogP contribution in [0.3, 0.4) is 0 Å². The van der Waals surface area contributed by atoms with Crippen LogP contribution in [-0.4, -0.2) is 178 Å². The number of aromatic nitrogens is 6. The molecule has 22 nitrogen and oxygen atoms in total. The Hall–Kier alpha value is -8.14. The molecule has 4 amide bonds. The Kier molecular flexibility index (Phi) is 25.0. The zero-order valence-corrected chi connectivity index (χ0v) is 61.4. The number of piperidine rings is 2. The molecule has 4 aromatic heterocycles. The number of likely N-dealkylation sites (tertiary alicyclic amines) is 2. The van der Waals surface area contributed by atoms with E-state index in [4.69, 9.17) is 75.3 Å². The molecule has 0 radical (unpaired) electrons. The molecule has 0 saturated carbocycles. The molecule has 4 aromatic carbocycles. The van der Waals surface area contributed by atoms with Crippen molar-refractivity contribution in [1.82, 2.24) is 59.3 Å². The van der Waals surface area contributed by atoms with Gasteiger partial charge in [-0.3, -0.25) is 38.9 Å². The molecule has 4 aliphatic heterocycles. The van der Waals surface area contributed by atoms with Gasteiger partial charge in [0.1, 0.15) is 23.1 Å². The molecule has 4 aliphatic rings. The van der Waals surface area contributed by atoms with Gasteiger partial charge in [-0.1, -0.05) is 70.7 Å². The minimum atomic E-state index is -0.459. The highest BCUT2D eigenvalue weighted by atomic mass is 35.5. The first kappa shape index (κ1) is 75.0. The molecule has 2 fully saturated rings. The predicted octanol–water partition coefficient (Wildman–Crippen LogP) is 11.9. The number of halogens is 6. The van der Waals surface area contributed by atoms with E-state index in [0.29, 0.717) is 142 Å². The van der Waals surface area contributed by atoms with E-state index in [2.05, 4.69) is 41.0 Å². The quantitative estimate of drug-likeness (QED) is 0.0463. The topological polar surface area (TPSA) is 228 Å². The first-order valence-corrected chi connectivity index (χ1v) is 35.4. The summed E-state index contributed by atoms with van der Waals surface area (Å²) in [5.41, 5.74) is 9.27. The van der Waals surface area contributed by atoms with Gasteiger partial charge >= 0.3 is 0 Å². The average molecular weight is 1480 g/mol. The standard InChI is InChI=1S/2C37H42Cl2FN7O4/c2*1-22(48)46-14-9-24(10-15-46)47-16-11-31-30(21-47)43-36(45(31)2)37(49)44-29-7-5-6-25(33(29)38)26-8-12-42-35(34(26)39)23-18-28(40)27(32(19-23)51-4)20-41-13-17-50-3/h2*5-8,12,18-19,24,41H,9-11,13-17,20-21H2,1-4H3,(H,44,49). The van der Waals surface area contributed by atoms with Crippen molar-refractivity contribution in [2.45, 2.75) is 90.6 Å². The van der Waals surface area contributed by atoms with Gasteiger partial charge in [-0.05, 0) is 74.2 Å². The van der Waals surface area contributed by atoms with Crippen LogP contribution in [0.2, 0.25) is 20.1 Å². The number of nitrogens with zero attached hydrogens (tertiary/aromatic N) is 10. The third-order valence-electron chi connectivity index (χ3n) is 19.5. The molecule has 0 spiro atoms. The van der Waals surface area contributed by atoms with Crippen LogP contribution in [0, 0.1) is 11.6 Å². The Bertz CT molecular complexity index is 4130.